The predicted octanol–water partition coefficient (Wildman–Crippen LogP) is 2.02. The van der Waals surface area contributed by atoms with Gasteiger partial charge in [-0.3, -0.25) is 0 Å². The van der Waals surface area contributed by atoms with Crippen LogP contribution in [0.5, 0.6) is 0 Å². The Morgan fingerprint density at radius 1 is 0.765 bits per heavy atom. The van der Waals surface area contributed by atoms with E-state index in [1.807, 2.05) is 0 Å². The van der Waals surface area contributed by atoms with Crippen molar-refractivity contribution in [3.63, 3.8) is 0 Å². The third kappa shape index (κ3) is 31.6. The maximum absolute atomic E-state index is 9.95. The van der Waals surface area contributed by atoms with Crippen LogP contribution < -0.4 is 9.79 Å². The first-order chi connectivity index (χ1) is 7.54. The van der Waals surface area contributed by atoms with Gasteiger partial charge in [0, 0.05) is 16.1 Å². The van der Waals surface area contributed by atoms with Crippen LogP contribution in [0.3, 0.4) is 0 Å². The number of hydrogen-bond acceptors (Lipinski definition) is 4. The van der Waals surface area contributed by atoms with Crippen LogP contribution in [0.15, 0.2) is 0 Å². The Labute approximate surface area is 117 Å². The van der Waals surface area contributed by atoms with Crippen LogP contribution in [0, 0.1) is 0 Å². The van der Waals surface area contributed by atoms with Crippen molar-refractivity contribution in [1.29, 1.82) is 0 Å². The molecule has 0 aromatic heterocycles. The van der Waals surface area contributed by atoms with E-state index in [1.54, 1.807) is 0 Å². The zero-order valence-electron chi connectivity index (χ0n) is 10.6. The molecule has 7 heteroatoms. The molecule has 0 amide bonds. The summed E-state index contributed by atoms with van der Waals surface area (Å²) in [6, 6.07) is 0. The average Bonchev–Trinajstić information content (AvgIpc) is 2.18. The summed E-state index contributed by atoms with van der Waals surface area (Å²) in [5.41, 5.74) is 0. The van der Waals surface area contributed by atoms with Crippen LogP contribution in [0.2, 0.25) is 0 Å². The number of unbranched alkanes of at least 4 members (excludes halogenated alkanes) is 4. The van der Waals surface area contributed by atoms with E-state index in [2.05, 4.69) is 13.8 Å². The molecule has 0 aromatic carbocycles. The standard InChI is InChI=1S/2C5H13O2P.Co/c2*1-2-3-4-5-8(6)7;/h2*8H,2-5H2,1H3,(H,6,7);/q;;+2/p-2. The van der Waals surface area contributed by atoms with Gasteiger partial charge in [-0.15, -0.1) is 0 Å². The molecular weight excluding hydrogens is 305 g/mol. The topological polar surface area (TPSA) is 80.3 Å². The molecular formula is C10H24CoO4P2. The van der Waals surface area contributed by atoms with Gasteiger partial charge >= 0.3 is 16.8 Å². The smallest absolute Gasteiger partial charge is 0.802 e. The van der Waals surface area contributed by atoms with Gasteiger partial charge in [0.15, 0.2) is 0 Å². The molecule has 107 valence electrons. The number of rotatable bonds is 8. The molecule has 0 saturated carbocycles. The number of hydrogen-bond donors (Lipinski definition) is 0. The molecule has 0 N–H and O–H groups in total. The molecule has 0 heterocycles. The third-order valence-corrected chi connectivity index (χ3v) is 3.49. The van der Waals surface area contributed by atoms with Crippen LogP contribution in [-0.4, -0.2) is 12.3 Å². The molecule has 2 unspecified atom stereocenters. The Kier molecular flexibility index (Phi) is 26.0. The molecule has 0 aliphatic carbocycles. The van der Waals surface area contributed by atoms with E-state index in [9.17, 15) is 18.9 Å². The first-order valence-electron chi connectivity index (χ1n) is 5.94. The molecule has 0 saturated heterocycles. The summed E-state index contributed by atoms with van der Waals surface area (Å²) in [5, 5.41) is 0. The van der Waals surface area contributed by atoms with Crippen molar-refractivity contribution >= 4 is 16.1 Å². The van der Waals surface area contributed by atoms with Gasteiger partial charge in [0.25, 0.3) is 0 Å². The summed E-state index contributed by atoms with van der Waals surface area (Å²) in [5.74, 6) is 0. The Hall–Kier alpha value is 0.886. The Morgan fingerprint density at radius 2 is 1.06 bits per heavy atom. The van der Waals surface area contributed by atoms with E-state index >= 15 is 0 Å². The van der Waals surface area contributed by atoms with E-state index in [0.29, 0.717) is 12.3 Å². The zero-order chi connectivity index (χ0) is 12.8. The van der Waals surface area contributed by atoms with Crippen LogP contribution in [0.1, 0.15) is 52.4 Å². The molecule has 0 fully saturated rings. The Bertz CT molecular complexity index is 171. The minimum atomic E-state index is -2.41. The molecule has 4 nitrogen and oxygen atoms in total. The molecule has 0 aliphatic rings. The summed E-state index contributed by atoms with van der Waals surface area (Å²) < 4.78 is 19.9. The van der Waals surface area contributed by atoms with Gasteiger partial charge < -0.3 is 18.9 Å². The summed E-state index contributed by atoms with van der Waals surface area (Å²) in [4.78, 5) is 19.9. The Morgan fingerprint density at radius 3 is 1.24 bits per heavy atom. The maximum Gasteiger partial charge on any atom is 2.00 e. The van der Waals surface area contributed by atoms with Gasteiger partial charge in [-0.25, -0.2) is 0 Å². The van der Waals surface area contributed by atoms with Crippen molar-refractivity contribution < 1.29 is 35.7 Å². The third-order valence-electron chi connectivity index (χ3n) is 1.97. The van der Waals surface area contributed by atoms with Gasteiger partial charge in [0.1, 0.15) is 0 Å². The Balaban J connectivity index is -0.000000218. The van der Waals surface area contributed by atoms with Gasteiger partial charge in [0.2, 0.25) is 0 Å². The monoisotopic (exact) mass is 329 g/mol. The fraction of sp³-hybridized carbons (Fsp3) is 1.00. The maximum atomic E-state index is 9.95. The van der Waals surface area contributed by atoms with Crippen LogP contribution in [-0.2, 0) is 25.9 Å². The van der Waals surface area contributed by atoms with Gasteiger partial charge in [-0.1, -0.05) is 39.5 Å². The normalized spacial score (nSPS) is 12.9. The molecule has 0 aliphatic heterocycles. The first kappa shape index (κ1) is 23.0. The van der Waals surface area contributed by atoms with Crippen LogP contribution in [0.4, 0.5) is 0 Å². The summed E-state index contributed by atoms with van der Waals surface area (Å²) in [6.07, 6.45) is 6.76. The SMILES string of the molecule is CCCCC[PH](=O)[O-].CCCCC[PH](=O)[O-].[Co+2]. The molecule has 17 heavy (non-hydrogen) atoms. The summed E-state index contributed by atoms with van der Waals surface area (Å²) >= 11 is 0. The molecule has 0 rings (SSSR count). The van der Waals surface area contributed by atoms with Crippen molar-refractivity contribution in [2.45, 2.75) is 52.4 Å². The quantitative estimate of drug-likeness (QED) is 0.504. The van der Waals surface area contributed by atoms with Crippen molar-refractivity contribution in [2.75, 3.05) is 12.3 Å². The summed E-state index contributed by atoms with van der Waals surface area (Å²) in [6.45, 7) is 4.12. The second-order valence-electron chi connectivity index (χ2n) is 3.66. The minimum absolute atomic E-state index is 0. The molecule has 2 atom stereocenters. The zero-order valence-corrected chi connectivity index (χ0v) is 13.7. The largest absolute Gasteiger partial charge is 2.00 e. The average molecular weight is 329 g/mol. The van der Waals surface area contributed by atoms with Gasteiger partial charge in [-0.2, -0.15) is 0 Å². The fourth-order valence-electron chi connectivity index (χ4n) is 1.04. The first-order valence-corrected chi connectivity index (χ1v) is 8.99. The molecule has 0 spiro atoms. The minimum Gasteiger partial charge on any atom is -0.802 e. The van der Waals surface area contributed by atoms with E-state index in [1.165, 1.54) is 0 Å². The van der Waals surface area contributed by atoms with Gasteiger partial charge in [-0.05, 0) is 25.2 Å². The van der Waals surface area contributed by atoms with Crippen LogP contribution >= 0.6 is 16.1 Å². The summed E-state index contributed by atoms with van der Waals surface area (Å²) in [7, 11) is -4.81. The fourth-order valence-corrected chi connectivity index (χ4v) is 2.12. The van der Waals surface area contributed by atoms with Crippen molar-refractivity contribution in [2.24, 2.45) is 0 Å². The molecule has 1 radical (unpaired) electrons. The van der Waals surface area contributed by atoms with Crippen molar-refractivity contribution in [3.05, 3.63) is 0 Å². The van der Waals surface area contributed by atoms with E-state index < -0.39 is 16.1 Å². The predicted molar refractivity (Wildman–Crippen MR) is 66.8 cm³/mol. The van der Waals surface area contributed by atoms with Crippen LogP contribution in [0.25, 0.3) is 0 Å². The molecule has 0 bridgehead atoms. The van der Waals surface area contributed by atoms with E-state index in [0.717, 1.165) is 38.5 Å². The van der Waals surface area contributed by atoms with Gasteiger partial charge in [0.05, 0.1) is 0 Å². The van der Waals surface area contributed by atoms with Crippen molar-refractivity contribution in [3.8, 4) is 0 Å². The second-order valence-corrected chi connectivity index (χ2v) is 6.15. The molecule has 0 aromatic rings. The second kappa shape index (κ2) is 19.2. The van der Waals surface area contributed by atoms with E-state index in [-0.39, 0.29) is 16.8 Å². The van der Waals surface area contributed by atoms with E-state index in [4.69, 9.17) is 0 Å². The van der Waals surface area contributed by atoms with Crippen molar-refractivity contribution in [1.82, 2.24) is 0 Å².